The van der Waals surface area contributed by atoms with Crippen LogP contribution < -0.4 is 20.0 Å². The van der Waals surface area contributed by atoms with Crippen LogP contribution >= 0.6 is 0 Å². The molecular weight excluding hydrogens is 647 g/mol. The molecule has 2 nitrogen and oxygen atoms in total. The lowest BCUT2D eigenvalue weighted by molar-refractivity contribution is 0.435. The number of ether oxygens (including phenoxy) is 1. The van der Waals surface area contributed by atoms with Gasteiger partial charge in [0, 0.05) is 28.2 Å². The van der Waals surface area contributed by atoms with E-state index in [9.17, 15) is 0 Å². The largest absolute Gasteiger partial charge is 0.457 e. The predicted molar refractivity (Wildman–Crippen MR) is 215 cm³/mol. The lowest BCUT2D eigenvalue weighted by atomic mass is 9.63. The summed E-state index contributed by atoms with van der Waals surface area (Å²) in [6.45, 7) is 0. The number of hydrogen-bond donors (Lipinski definition) is 0. The number of rotatable bonds is 5. The highest BCUT2D eigenvalue weighted by molar-refractivity contribution is 6.71. The van der Waals surface area contributed by atoms with Crippen molar-refractivity contribution in [3.05, 3.63) is 222 Å². The molecule has 52 heavy (non-hydrogen) atoms. The Kier molecular flexibility index (Phi) is 7.26. The van der Waals surface area contributed by atoms with E-state index in [2.05, 4.69) is 205 Å². The molecule has 0 atom stereocenters. The van der Waals surface area contributed by atoms with Crippen LogP contribution in [0.15, 0.2) is 200 Å². The third kappa shape index (κ3) is 4.78. The van der Waals surface area contributed by atoms with Crippen LogP contribution in [0.25, 0.3) is 22.3 Å². The highest BCUT2D eigenvalue weighted by Gasteiger charge is 2.49. The first-order valence-electron chi connectivity index (χ1n) is 17.8. The van der Waals surface area contributed by atoms with Gasteiger partial charge in [0.05, 0.1) is 5.41 Å². The lowest BCUT2D eigenvalue weighted by Gasteiger charge is -2.46. The quantitative estimate of drug-likeness (QED) is 0.168. The fourth-order valence-electron chi connectivity index (χ4n) is 8.24. The predicted octanol–water partition coefficient (Wildman–Crippen LogP) is 10.9. The number of anilines is 3. The summed E-state index contributed by atoms with van der Waals surface area (Å²) >= 11 is 0. The molecule has 10 rings (SSSR count). The number of hydrogen-bond acceptors (Lipinski definition) is 2. The first-order valence-corrected chi connectivity index (χ1v) is 18.8. The second-order valence-electron chi connectivity index (χ2n) is 13.4. The molecule has 0 N–H and O–H groups in total. The summed E-state index contributed by atoms with van der Waals surface area (Å²) in [5.41, 5.74) is 12.7. The molecule has 2 radical (unpaired) electrons. The minimum absolute atomic E-state index is 0.466. The lowest BCUT2D eigenvalue weighted by Crippen LogP contribution is -2.51. The van der Waals surface area contributed by atoms with E-state index in [4.69, 9.17) is 4.74 Å². The van der Waals surface area contributed by atoms with Crippen LogP contribution in [0, 0.1) is 0 Å². The number of para-hydroxylation sites is 2. The minimum Gasteiger partial charge on any atom is -0.457 e. The number of fused-ring (bicyclic) bond motifs is 8. The van der Waals surface area contributed by atoms with Gasteiger partial charge in [-0.1, -0.05) is 163 Å². The average Bonchev–Trinajstić information content (AvgIpc) is 3.22. The van der Waals surface area contributed by atoms with E-state index in [-0.39, 0.29) is 0 Å². The molecular formula is C49H33NOSi. The molecule has 0 saturated heterocycles. The topological polar surface area (TPSA) is 12.5 Å². The zero-order chi connectivity index (χ0) is 34.5. The fraction of sp³-hybridized carbons (Fsp3) is 0.0204. The Balaban J connectivity index is 1.22. The Morgan fingerprint density at radius 1 is 0.365 bits per heavy atom. The molecule has 8 aromatic carbocycles. The average molecular weight is 680 g/mol. The molecule has 244 valence electrons. The fourth-order valence-corrected chi connectivity index (χ4v) is 9.82. The SMILES string of the molecule is c1ccc(-c2ccc(N(c3ccc(-c4ccccc4)cc3)c3cccc4c3[Si]c3ccccc3C43c4ccccc4Oc4ccccc43)cc2)cc1. The Morgan fingerprint density at radius 3 is 1.37 bits per heavy atom. The van der Waals surface area contributed by atoms with Gasteiger partial charge in [0.1, 0.15) is 21.0 Å². The smallest absolute Gasteiger partial charge is 0.132 e. The van der Waals surface area contributed by atoms with Crippen molar-refractivity contribution in [3.63, 3.8) is 0 Å². The molecule has 2 aliphatic heterocycles. The standard InChI is InChI=1S/C49H33NOSi/c1-3-14-34(15-4-1)36-26-30-38(31-27-36)50(39-32-28-37(29-33-39)35-16-5-2-6-17-35)44-22-13-21-43-48(44)52-47-25-12-9-20-42(47)49(43)40-18-7-10-23-45(40)51-46-24-11-8-19-41(46)49/h1-33H. The van der Waals surface area contributed by atoms with Gasteiger partial charge in [0.2, 0.25) is 0 Å². The molecule has 3 heteroatoms. The highest BCUT2D eigenvalue weighted by Crippen LogP contribution is 2.55. The maximum absolute atomic E-state index is 6.64. The van der Waals surface area contributed by atoms with Gasteiger partial charge in [0.25, 0.3) is 0 Å². The van der Waals surface area contributed by atoms with Crippen molar-refractivity contribution < 1.29 is 4.74 Å². The third-order valence-electron chi connectivity index (χ3n) is 10.5. The van der Waals surface area contributed by atoms with Crippen LogP contribution in [0.4, 0.5) is 17.1 Å². The summed E-state index contributed by atoms with van der Waals surface area (Å²) in [4.78, 5) is 2.45. The molecule has 0 aliphatic carbocycles. The van der Waals surface area contributed by atoms with Crippen LogP contribution in [-0.4, -0.2) is 9.52 Å². The zero-order valence-electron chi connectivity index (χ0n) is 28.4. The summed E-state index contributed by atoms with van der Waals surface area (Å²) < 4.78 is 6.64. The van der Waals surface area contributed by atoms with Crippen molar-refractivity contribution in [2.45, 2.75) is 5.41 Å². The van der Waals surface area contributed by atoms with Crippen molar-refractivity contribution in [3.8, 4) is 33.8 Å². The summed E-state index contributed by atoms with van der Waals surface area (Å²) in [5, 5.41) is 2.69. The summed E-state index contributed by atoms with van der Waals surface area (Å²) in [7, 11) is 0.466. The highest BCUT2D eigenvalue weighted by atomic mass is 28.2. The second kappa shape index (κ2) is 12.4. The van der Waals surface area contributed by atoms with Crippen molar-refractivity contribution in [2.75, 3.05) is 4.90 Å². The molecule has 0 aromatic heterocycles. The molecule has 8 aromatic rings. The summed E-state index contributed by atoms with van der Waals surface area (Å²) in [5.74, 6) is 1.81. The van der Waals surface area contributed by atoms with Crippen molar-refractivity contribution >= 4 is 37.0 Å². The van der Waals surface area contributed by atoms with E-state index in [1.165, 1.54) is 60.6 Å². The number of benzene rings is 8. The molecule has 0 saturated carbocycles. The molecule has 0 bridgehead atoms. The Labute approximate surface area is 307 Å². The van der Waals surface area contributed by atoms with Gasteiger partial charge in [-0.15, -0.1) is 0 Å². The van der Waals surface area contributed by atoms with Crippen LogP contribution in [0.3, 0.4) is 0 Å². The minimum atomic E-state index is -0.543. The summed E-state index contributed by atoms with van der Waals surface area (Å²) in [6.07, 6.45) is 0. The number of nitrogens with zero attached hydrogens (tertiary/aromatic N) is 1. The molecule has 2 heterocycles. The Morgan fingerprint density at radius 2 is 0.808 bits per heavy atom. The van der Waals surface area contributed by atoms with Crippen LogP contribution in [0.5, 0.6) is 11.5 Å². The van der Waals surface area contributed by atoms with Gasteiger partial charge in [-0.2, -0.15) is 0 Å². The van der Waals surface area contributed by atoms with Gasteiger partial charge in [-0.05, 0) is 81.0 Å². The van der Waals surface area contributed by atoms with E-state index in [0.717, 1.165) is 22.9 Å². The van der Waals surface area contributed by atoms with Crippen molar-refractivity contribution in [1.82, 2.24) is 0 Å². The van der Waals surface area contributed by atoms with E-state index >= 15 is 0 Å². The molecule has 0 unspecified atom stereocenters. The van der Waals surface area contributed by atoms with E-state index in [1.807, 2.05) is 0 Å². The van der Waals surface area contributed by atoms with E-state index in [0.29, 0.717) is 9.52 Å². The maximum Gasteiger partial charge on any atom is 0.132 e. The van der Waals surface area contributed by atoms with Gasteiger partial charge >= 0.3 is 0 Å². The first kappa shape index (κ1) is 30.4. The second-order valence-corrected chi connectivity index (χ2v) is 14.7. The Hall–Kier alpha value is -6.42. The molecule has 1 spiro atoms. The molecule has 0 amide bonds. The van der Waals surface area contributed by atoms with Crippen LogP contribution in [-0.2, 0) is 5.41 Å². The van der Waals surface area contributed by atoms with Crippen molar-refractivity contribution in [2.24, 2.45) is 0 Å². The summed E-state index contributed by atoms with van der Waals surface area (Å²) in [6, 6.07) is 72.4. The van der Waals surface area contributed by atoms with Crippen LogP contribution in [0.2, 0.25) is 0 Å². The molecule has 0 fully saturated rings. The van der Waals surface area contributed by atoms with Gasteiger partial charge in [-0.25, -0.2) is 0 Å². The van der Waals surface area contributed by atoms with Crippen molar-refractivity contribution in [1.29, 1.82) is 0 Å². The van der Waals surface area contributed by atoms with Gasteiger partial charge < -0.3 is 9.64 Å². The van der Waals surface area contributed by atoms with Crippen LogP contribution in [0.1, 0.15) is 22.3 Å². The van der Waals surface area contributed by atoms with E-state index < -0.39 is 5.41 Å². The maximum atomic E-state index is 6.64. The van der Waals surface area contributed by atoms with Gasteiger partial charge in [0.15, 0.2) is 0 Å². The monoisotopic (exact) mass is 679 g/mol. The molecule has 2 aliphatic rings. The van der Waals surface area contributed by atoms with E-state index in [1.54, 1.807) is 0 Å². The third-order valence-corrected chi connectivity index (χ3v) is 12.0. The first-order chi connectivity index (χ1) is 25.8. The normalized spacial score (nSPS) is 13.2. The Bertz CT molecular complexity index is 2420. The zero-order valence-corrected chi connectivity index (χ0v) is 29.4. The van der Waals surface area contributed by atoms with Gasteiger partial charge in [-0.3, -0.25) is 0 Å².